The molecular formula is C21H17N3O2. The van der Waals surface area contributed by atoms with E-state index in [0.717, 1.165) is 10.9 Å². The lowest BCUT2D eigenvalue weighted by molar-refractivity contribution is 0.102. The summed E-state index contributed by atoms with van der Waals surface area (Å²) in [5.74, 6) is 0.891. The maximum Gasteiger partial charge on any atom is 0.255 e. The summed E-state index contributed by atoms with van der Waals surface area (Å²) >= 11 is 0. The average molecular weight is 343 g/mol. The molecule has 0 bridgehead atoms. The molecule has 0 aliphatic carbocycles. The van der Waals surface area contributed by atoms with Crippen molar-refractivity contribution in [2.24, 2.45) is 4.99 Å². The molecule has 5 nitrogen and oxygen atoms in total. The van der Waals surface area contributed by atoms with Gasteiger partial charge in [-0.2, -0.15) is 0 Å². The van der Waals surface area contributed by atoms with Crippen molar-refractivity contribution >= 4 is 29.2 Å². The number of pyridine rings is 1. The molecule has 0 spiro atoms. The van der Waals surface area contributed by atoms with Gasteiger partial charge in [0.05, 0.1) is 11.7 Å². The molecule has 0 fully saturated rings. The first-order valence-electron chi connectivity index (χ1n) is 7.92. The second-order valence-corrected chi connectivity index (χ2v) is 5.41. The third-order valence-corrected chi connectivity index (χ3v) is 3.64. The predicted octanol–water partition coefficient (Wildman–Crippen LogP) is 4.59. The lowest BCUT2D eigenvalue weighted by atomic mass is 10.1. The summed E-state index contributed by atoms with van der Waals surface area (Å²) in [6, 6.07) is 16.3. The summed E-state index contributed by atoms with van der Waals surface area (Å²) in [5.41, 5.74) is 1.99. The molecule has 0 saturated carbocycles. The van der Waals surface area contributed by atoms with Gasteiger partial charge in [-0.05, 0) is 55.3 Å². The minimum atomic E-state index is -0.200. The molecule has 1 heterocycles. The van der Waals surface area contributed by atoms with E-state index in [4.69, 9.17) is 4.74 Å². The summed E-state index contributed by atoms with van der Waals surface area (Å²) in [7, 11) is 0. The Bertz CT molecular complexity index is 992. The fourth-order valence-corrected chi connectivity index (χ4v) is 2.36. The Balaban J connectivity index is 1.71. The molecule has 128 valence electrons. The largest absolute Gasteiger partial charge is 0.456 e. The normalized spacial score (nSPS) is 11.0. The number of carbonyl (C=O) groups is 1. The number of amides is 1. The van der Waals surface area contributed by atoms with Crippen molar-refractivity contribution in [1.82, 2.24) is 4.98 Å². The lowest BCUT2D eigenvalue weighted by Crippen LogP contribution is -2.11. The number of ether oxygens (including phenoxy) is 1. The van der Waals surface area contributed by atoms with E-state index in [1.807, 2.05) is 18.2 Å². The monoisotopic (exact) mass is 343 g/mol. The highest BCUT2D eigenvalue weighted by Crippen LogP contribution is 2.20. The number of nitrogens with one attached hydrogen (secondary N) is 1. The Hall–Kier alpha value is -3.73. The number of allylic oxidation sites excluding steroid dienone is 1. The second kappa shape index (κ2) is 7.90. The summed E-state index contributed by atoms with van der Waals surface area (Å²) in [6.45, 7) is 7.02. The van der Waals surface area contributed by atoms with Crippen molar-refractivity contribution in [1.29, 1.82) is 0 Å². The first-order valence-corrected chi connectivity index (χ1v) is 7.92. The van der Waals surface area contributed by atoms with Crippen LogP contribution in [-0.4, -0.2) is 17.6 Å². The van der Waals surface area contributed by atoms with Crippen LogP contribution in [0.25, 0.3) is 10.9 Å². The molecule has 26 heavy (non-hydrogen) atoms. The van der Waals surface area contributed by atoms with Crippen LogP contribution >= 0.6 is 0 Å². The highest BCUT2D eigenvalue weighted by Gasteiger charge is 2.08. The Labute approximate surface area is 151 Å². The van der Waals surface area contributed by atoms with Crippen LogP contribution in [-0.2, 0) is 0 Å². The summed E-state index contributed by atoms with van der Waals surface area (Å²) in [5, 5.41) is 3.85. The Morgan fingerprint density at radius 3 is 2.69 bits per heavy atom. The molecule has 0 aliphatic rings. The Morgan fingerprint density at radius 2 is 1.96 bits per heavy atom. The topological polar surface area (TPSA) is 63.6 Å². The second-order valence-electron chi connectivity index (χ2n) is 5.41. The van der Waals surface area contributed by atoms with E-state index in [1.165, 1.54) is 12.3 Å². The van der Waals surface area contributed by atoms with Gasteiger partial charge in [0.25, 0.3) is 5.91 Å². The third kappa shape index (κ3) is 4.02. The molecule has 2 aromatic carbocycles. The van der Waals surface area contributed by atoms with Crippen molar-refractivity contribution in [3.63, 3.8) is 0 Å². The van der Waals surface area contributed by atoms with Gasteiger partial charge in [-0.1, -0.05) is 18.7 Å². The van der Waals surface area contributed by atoms with Gasteiger partial charge < -0.3 is 10.1 Å². The maximum atomic E-state index is 12.4. The molecule has 0 aliphatic heterocycles. The van der Waals surface area contributed by atoms with Gasteiger partial charge in [0.2, 0.25) is 0 Å². The molecule has 0 unspecified atom stereocenters. The molecule has 0 atom stereocenters. The van der Waals surface area contributed by atoms with Gasteiger partial charge in [-0.15, -0.1) is 0 Å². The number of aliphatic imine (C=N–C) groups is 1. The number of aromatic nitrogens is 1. The first kappa shape index (κ1) is 17.1. The zero-order valence-electron chi connectivity index (χ0n) is 14.1. The minimum Gasteiger partial charge on any atom is -0.456 e. The van der Waals surface area contributed by atoms with Gasteiger partial charge in [-0.25, -0.2) is 0 Å². The van der Waals surface area contributed by atoms with E-state index in [9.17, 15) is 4.79 Å². The van der Waals surface area contributed by atoms with Gasteiger partial charge in [0.1, 0.15) is 11.5 Å². The van der Waals surface area contributed by atoms with E-state index in [0.29, 0.717) is 22.8 Å². The molecule has 1 N–H and O–H groups in total. The molecule has 1 amide bonds. The maximum absolute atomic E-state index is 12.4. The summed E-state index contributed by atoms with van der Waals surface area (Å²) < 4.78 is 5.59. The minimum absolute atomic E-state index is 0.200. The number of anilines is 1. The van der Waals surface area contributed by atoms with Gasteiger partial charge >= 0.3 is 0 Å². The molecular weight excluding hydrogens is 326 g/mol. The summed E-state index contributed by atoms with van der Waals surface area (Å²) in [4.78, 5) is 20.4. The number of benzene rings is 2. The van der Waals surface area contributed by atoms with Crippen molar-refractivity contribution in [2.75, 3.05) is 5.32 Å². The van der Waals surface area contributed by atoms with Gasteiger partial charge in [0, 0.05) is 22.8 Å². The van der Waals surface area contributed by atoms with E-state index < -0.39 is 0 Å². The third-order valence-electron chi connectivity index (χ3n) is 3.64. The first-order chi connectivity index (χ1) is 12.7. The Kier molecular flexibility index (Phi) is 5.19. The van der Waals surface area contributed by atoms with E-state index >= 15 is 0 Å². The fourth-order valence-electron chi connectivity index (χ4n) is 2.36. The number of fused-ring (bicyclic) bond motifs is 1. The summed E-state index contributed by atoms with van der Waals surface area (Å²) in [6.07, 6.45) is 4.71. The lowest BCUT2D eigenvalue weighted by Gasteiger charge is -2.08. The number of nitrogens with zero attached hydrogens (tertiary/aromatic N) is 2. The van der Waals surface area contributed by atoms with Crippen LogP contribution in [0.4, 0.5) is 5.69 Å². The zero-order chi connectivity index (χ0) is 18.4. The number of hydrogen-bond donors (Lipinski definition) is 1. The van der Waals surface area contributed by atoms with Crippen LogP contribution in [0, 0.1) is 0 Å². The Morgan fingerprint density at radius 1 is 1.15 bits per heavy atom. The van der Waals surface area contributed by atoms with Crippen molar-refractivity contribution < 1.29 is 9.53 Å². The van der Waals surface area contributed by atoms with E-state index in [1.54, 1.807) is 42.6 Å². The van der Waals surface area contributed by atoms with Crippen LogP contribution in [0.3, 0.4) is 0 Å². The van der Waals surface area contributed by atoms with Crippen LogP contribution in [0.15, 0.2) is 90.4 Å². The van der Waals surface area contributed by atoms with Crippen LogP contribution in [0.5, 0.6) is 5.75 Å². The highest BCUT2D eigenvalue weighted by molar-refractivity contribution is 6.06. The molecule has 1 aromatic heterocycles. The zero-order valence-corrected chi connectivity index (χ0v) is 14.1. The van der Waals surface area contributed by atoms with Crippen molar-refractivity contribution in [3.05, 3.63) is 91.0 Å². The van der Waals surface area contributed by atoms with Gasteiger partial charge in [-0.3, -0.25) is 14.8 Å². The smallest absolute Gasteiger partial charge is 0.255 e. The van der Waals surface area contributed by atoms with Crippen LogP contribution in [0.2, 0.25) is 0 Å². The van der Waals surface area contributed by atoms with E-state index in [-0.39, 0.29) is 5.91 Å². The quantitative estimate of drug-likeness (QED) is 0.404. The average Bonchev–Trinajstić information content (AvgIpc) is 2.68. The fraction of sp³-hybridized carbons (Fsp3) is 0. The standard InChI is InChI=1S/C21H17N3O2/c1-3-18(14-22-2)26-19-10-8-17(9-11-19)24-21(25)16-7-6-15-5-4-12-23-20(15)13-16/h3-14H,1-2H2,(H,24,25)/b18-14+. The SMILES string of the molecule is C=C/C(=C\N=C)Oc1ccc(NC(=O)c2ccc3cccnc3c2)cc1. The molecule has 3 aromatic rings. The van der Waals surface area contributed by atoms with Crippen LogP contribution < -0.4 is 10.1 Å². The predicted molar refractivity (Wildman–Crippen MR) is 105 cm³/mol. The highest BCUT2D eigenvalue weighted by atomic mass is 16.5. The van der Waals surface area contributed by atoms with Crippen LogP contribution in [0.1, 0.15) is 10.4 Å². The van der Waals surface area contributed by atoms with Gasteiger partial charge in [0.15, 0.2) is 0 Å². The molecule has 5 heteroatoms. The van der Waals surface area contributed by atoms with Crippen molar-refractivity contribution in [2.45, 2.75) is 0 Å². The van der Waals surface area contributed by atoms with E-state index in [2.05, 4.69) is 28.6 Å². The number of carbonyl (C=O) groups excluding carboxylic acids is 1. The number of rotatable bonds is 6. The van der Waals surface area contributed by atoms with Crippen molar-refractivity contribution in [3.8, 4) is 5.75 Å². The molecule has 0 radical (unpaired) electrons. The number of hydrogen-bond acceptors (Lipinski definition) is 4. The molecule has 3 rings (SSSR count). The molecule has 0 saturated heterocycles.